The zero-order valence-electron chi connectivity index (χ0n) is 10.1. The molecule has 0 spiro atoms. The summed E-state index contributed by atoms with van der Waals surface area (Å²) in [5, 5.41) is 11.6. The Hall–Kier alpha value is -2.03. The van der Waals surface area contributed by atoms with Crippen molar-refractivity contribution in [3.63, 3.8) is 0 Å². The van der Waals surface area contributed by atoms with Crippen LogP contribution in [0, 0.1) is 6.92 Å². The highest BCUT2D eigenvalue weighted by molar-refractivity contribution is 6.05. The second-order valence-corrected chi connectivity index (χ2v) is 4.06. The van der Waals surface area contributed by atoms with Crippen molar-refractivity contribution in [2.45, 2.75) is 13.8 Å². The number of phenols is 1. The number of hydrogen-bond donors (Lipinski definition) is 1. The lowest BCUT2D eigenvalue weighted by Gasteiger charge is -2.10. The Labute approximate surface area is 99.6 Å². The van der Waals surface area contributed by atoms with Crippen LogP contribution in [-0.4, -0.2) is 18.0 Å². The summed E-state index contributed by atoms with van der Waals surface area (Å²) in [4.78, 5) is 11.5. The predicted octanol–water partition coefficient (Wildman–Crippen LogP) is 3.07. The Morgan fingerprint density at radius 3 is 2.59 bits per heavy atom. The van der Waals surface area contributed by atoms with Crippen molar-refractivity contribution in [2.24, 2.45) is 0 Å². The third-order valence-electron chi connectivity index (χ3n) is 2.87. The summed E-state index contributed by atoms with van der Waals surface area (Å²) < 4.78 is 5.13. The minimum Gasteiger partial charge on any atom is -0.507 e. The van der Waals surface area contributed by atoms with E-state index < -0.39 is 0 Å². The molecule has 0 amide bonds. The Balaban J connectivity index is 2.81. The molecule has 88 valence electrons. The van der Waals surface area contributed by atoms with Gasteiger partial charge in [-0.25, -0.2) is 0 Å². The van der Waals surface area contributed by atoms with Gasteiger partial charge in [0, 0.05) is 5.39 Å². The molecule has 0 atom stereocenters. The normalized spacial score (nSPS) is 10.5. The molecule has 0 aliphatic heterocycles. The number of rotatable bonds is 2. The topological polar surface area (TPSA) is 46.5 Å². The van der Waals surface area contributed by atoms with E-state index >= 15 is 0 Å². The maximum atomic E-state index is 11.5. The van der Waals surface area contributed by atoms with Gasteiger partial charge in [0.05, 0.1) is 12.7 Å². The maximum absolute atomic E-state index is 11.5. The van der Waals surface area contributed by atoms with Gasteiger partial charge in [-0.15, -0.1) is 0 Å². The van der Waals surface area contributed by atoms with E-state index in [1.54, 1.807) is 19.2 Å². The predicted molar refractivity (Wildman–Crippen MR) is 66.9 cm³/mol. The SMILES string of the molecule is COc1ccc2c(O)c(C(C)=O)c(C)cc2c1. The number of methoxy groups -OCH3 is 1. The standard InChI is InChI=1S/C14H14O3/c1-8-6-10-7-11(17-3)4-5-12(10)14(16)13(8)9(2)15/h4-7,16H,1-3H3. The van der Waals surface area contributed by atoms with Crippen LogP contribution in [0.15, 0.2) is 24.3 Å². The summed E-state index contributed by atoms with van der Waals surface area (Å²) >= 11 is 0. The average Bonchev–Trinajstić information content (AvgIpc) is 2.27. The highest BCUT2D eigenvalue weighted by Crippen LogP contribution is 2.33. The smallest absolute Gasteiger partial charge is 0.163 e. The van der Waals surface area contributed by atoms with Gasteiger partial charge in [0.1, 0.15) is 11.5 Å². The van der Waals surface area contributed by atoms with Gasteiger partial charge < -0.3 is 9.84 Å². The van der Waals surface area contributed by atoms with E-state index in [9.17, 15) is 9.90 Å². The van der Waals surface area contributed by atoms with Crippen molar-refractivity contribution in [2.75, 3.05) is 7.11 Å². The number of aryl methyl sites for hydroxylation is 1. The minimum absolute atomic E-state index is 0.0511. The Morgan fingerprint density at radius 2 is 2.00 bits per heavy atom. The van der Waals surface area contributed by atoms with Crippen LogP contribution in [0.5, 0.6) is 11.5 Å². The monoisotopic (exact) mass is 230 g/mol. The Morgan fingerprint density at radius 1 is 1.29 bits per heavy atom. The van der Waals surface area contributed by atoms with Crippen molar-refractivity contribution in [1.29, 1.82) is 0 Å². The summed E-state index contributed by atoms with van der Waals surface area (Å²) in [6.07, 6.45) is 0. The van der Waals surface area contributed by atoms with Gasteiger partial charge in [-0.3, -0.25) is 4.79 Å². The molecule has 0 aliphatic carbocycles. The summed E-state index contributed by atoms with van der Waals surface area (Å²) in [5.41, 5.74) is 1.17. The number of Topliss-reactive ketones (excluding diaryl/α,β-unsaturated/α-hetero) is 1. The fraction of sp³-hybridized carbons (Fsp3) is 0.214. The van der Waals surface area contributed by atoms with Crippen LogP contribution in [0.2, 0.25) is 0 Å². The molecule has 2 aromatic carbocycles. The molecule has 0 fully saturated rings. The number of phenolic OH excluding ortho intramolecular Hbond substituents is 1. The number of carbonyl (C=O) groups is 1. The van der Waals surface area contributed by atoms with Gasteiger partial charge >= 0.3 is 0 Å². The summed E-state index contributed by atoms with van der Waals surface area (Å²) in [7, 11) is 1.60. The first-order valence-electron chi connectivity index (χ1n) is 5.36. The first-order valence-corrected chi connectivity index (χ1v) is 5.36. The van der Waals surface area contributed by atoms with E-state index in [-0.39, 0.29) is 11.5 Å². The van der Waals surface area contributed by atoms with Crippen molar-refractivity contribution in [3.8, 4) is 11.5 Å². The molecule has 1 N–H and O–H groups in total. The van der Waals surface area contributed by atoms with Crippen molar-refractivity contribution >= 4 is 16.6 Å². The second-order valence-electron chi connectivity index (χ2n) is 4.06. The van der Waals surface area contributed by atoms with Crippen LogP contribution >= 0.6 is 0 Å². The molecule has 0 radical (unpaired) electrons. The van der Waals surface area contributed by atoms with E-state index in [0.717, 1.165) is 16.7 Å². The van der Waals surface area contributed by atoms with Gasteiger partial charge in [0.2, 0.25) is 0 Å². The Kier molecular flexibility index (Phi) is 2.76. The fourth-order valence-electron chi connectivity index (χ4n) is 2.07. The molecule has 0 unspecified atom stereocenters. The lowest BCUT2D eigenvalue weighted by Crippen LogP contribution is -1.97. The van der Waals surface area contributed by atoms with Gasteiger partial charge in [0.25, 0.3) is 0 Å². The number of carbonyl (C=O) groups excluding carboxylic acids is 1. The highest BCUT2D eigenvalue weighted by Gasteiger charge is 2.14. The van der Waals surface area contributed by atoms with E-state index in [1.165, 1.54) is 6.92 Å². The van der Waals surface area contributed by atoms with Crippen LogP contribution < -0.4 is 4.74 Å². The molecule has 17 heavy (non-hydrogen) atoms. The first-order chi connectivity index (χ1) is 8.04. The zero-order chi connectivity index (χ0) is 12.6. The maximum Gasteiger partial charge on any atom is 0.163 e. The zero-order valence-corrected chi connectivity index (χ0v) is 10.1. The molecular weight excluding hydrogens is 216 g/mol. The van der Waals surface area contributed by atoms with Crippen LogP contribution in [0.1, 0.15) is 22.8 Å². The third kappa shape index (κ3) is 1.84. The quantitative estimate of drug-likeness (QED) is 0.806. The number of ketones is 1. The molecule has 3 nitrogen and oxygen atoms in total. The minimum atomic E-state index is -0.127. The lowest BCUT2D eigenvalue weighted by molar-refractivity contribution is 0.101. The second kappa shape index (κ2) is 4.09. The molecule has 2 aromatic rings. The van der Waals surface area contributed by atoms with Crippen LogP contribution in [-0.2, 0) is 0 Å². The molecule has 2 rings (SSSR count). The fourth-order valence-corrected chi connectivity index (χ4v) is 2.07. The molecule has 0 saturated heterocycles. The van der Waals surface area contributed by atoms with Gasteiger partial charge in [-0.05, 0) is 43.0 Å². The molecular formula is C14H14O3. The number of ether oxygens (including phenoxy) is 1. The van der Waals surface area contributed by atoms with E-state index in [4.69, 9.17) is 4.74 Å². The van der Waals surface area contributed by atoms with Crippen LogP contribution in [0.4, 0.5) is 0 Å². The number of benzene rings is 2. The number of hydrogen-bond acceptors (Lipinski definition) is 3. The largest absolute Gasteiger partial charge is 0.507 e. The van der Waals surface area contributed by atoms with Crippen molar-refractivity contribution < 1.29 is 14.6 Å². The van der Waals surface area contributed by atoms with Gasteiger partial charge in [-0.2, -0.15) is 0 Å². The number of aromatic hydroxyl groups is 1. The molecule has 0 heterocycles. The van der Waals surface area contributed by atoms with E-state index in [1.807, 2.05) is 19.1 Å². The first kappa shape index (κ1) is 11.5. The lowest BCUT2D eigenvalue weighted by atomic mass is 9.98. The van der Waals surface area contributed by atoms with Crippen LogP contribution in [0.3, 0.4) is 0 Å². The Bertz CT molecular complexity index is 600. The van der Waals surface area contributed by atoms with Crippen molar-refractivity contribution in [1.82, 2.24) is 0 Å². The third-order valence-corrected chi connectivity index (χ3v) is 2.87. The van der Waals surface area contributed by atoms with E-state index in [2.05, 4.69) is 0 Å². The molecule has 3 heteroatoms. The summed E-state index contributed by atoms with van der Waals surface area (Å²) in [6.45, 7) is 3.27. The van der Waals surface area contributed by atoms with E-state index in [0.29, 0.717) is 10.9 Å². The molecule has 0 bridgehead atoms. The molecule has 0 saturated carbocycles. The van der Waals surface area contributed by atoms with Crippen LogP contribution in [0.25, 0.3) is 10.8 Å². The van der Waals surface area contributed by atoms with Crippen molar-refractivity contribution in [3.05, 3.63) is 35.4 Å². The van der Waals surface area contributed by atoms with Gasteiger partial charge in [0.15, 0.2) is 5.78 Å². The molecule has 0 aromatic heterocycles. The highest BCUT2D eigenvalue weighted by atomic mass is 16.5. The molecule has 0 aliphatic rings. The number of fused-ring (bicyclic) bond motifs is 1. The summed E-state index contributed by atoms with van der Waals surface area (Å²) in [5.74, 6) is 0.653. The van der Waals surface area contributed by atoms with Gasteiger partial charge in [-0.1, -0.05) is 6.07 Å². The average molecular weight is 230 g/mol. The summed E-state index contributed by atoms with van der Waals surface area (Å²) in [6, 6.07) is 7.25.